The van der Waals surface area contributed by atoms with Gasteiger partial charge in [0, 0.05) is 83.7 Å². The maximum atomic E-state index is 3.64. The molecule has 0 spiro atoms. The van der Waals surface area contributed by atoms with Crippen molar-refractivity contribution in [1.29, 1.82) is 0 Å². The maximum absolute atomic E-state index is 3.64. The molecule has 4 aromatic heterocycles. The van der Waals surface area contributed by atoms with Gasteiger partial charge in [-0.3, -0.25) is 0 Å². The Morgan fingerprint density at radius 1 is 0.290 bits per heavy atom. The summed E-state index contributed by atoms with van der Waals surface area (Å²) in [7, 11) is 0. The van der Waals surface area contributed by atoms with Gasteiger partial charge in [0.15, 0.2) is 0 Å². The minimum Gasteiger partial charge on any atom is -0.355 e. The largest absolute Gasteiger partial charge is 0.355 e. The zero-order chi connectivity index (χ0) is 45.0. The second-order valence-corrected chi connectivity index (χ2v) is 19.7. The summed E-state index contributed by atoms with van der Waals surface area (Å²) in [6, 6.07) is 82.0. The van der Waals surface area contributed by atoms with Crippen LogP contribution in [0.3, 0.4) is 0 Å². The molecule has 336 valence electrons. The van der Waals surface area contributed by atoms with E-state index < -0.39 is 0 Å². The van der Waals surface area contributed by atoms with Crippen LogP contribution in [-0.4, -0.2) is 18.7 Å². The van der Waals surface area contributed by atoms with Gasteiger partial charge in [-0.25, -0.2) is 0 Å². The van der Waals surface area contributed by atoms with Crippen molar-refractivity contribution in [2.45, 2.75) is 14.9 Å². The van der Waals surface area contributed by atoms with Crippen molar-refractivity contribution in [2.24, 2.45) is 0 Å². The van der Waals surface area contributed by atoms with Crippen LogP contribution in [0.1, 0.15) is 14.9 Å². The van der Waals surface area contributed by atoms with Crippen LogP contribution in [0.4, 0.5) is 0 Å². The van der Waals surface area contributed by atoms with Crippen molar-refractivity contribution in [1.82, 2.24) is 18.7 Å². The summed E-state index contributed by atoms with van der Waals surface area (Å²) in [5.41, 5.74) is 13.3. The summed E-state index contributed by atoms with van der Waals surface area (Å²) >= 11 is 9.28. The Balaban J connectivity index is 0.000000137. The molecule has 0 radical (unpaired) electrons. The lowest BCUT2D eigenvalue weighted by molar-refractivity contribution is 1.16. The van der Waals surface area contributed by atoms with Crippen LogP contribution in [0.25, 0.3) is 104 Å². The first-order valence-electron chi connectivity index (χ1n) is 22.2. The molecular weight excluding hydrogens is 1090 g/mol. The number of aromatic amines is 1. The van der Waals surface area contributed by atoms with E-state index in [1.807, 2.05) is 12.1 Å². The number of rotatable bonds is 3. The molecule has 0 saturated heterocycles. The lowest BCUT2D eigenvalue weighted by Gasteiger charge is -2.10. The first kappa shape index (κ1) is 45.9. The molecule has 10 aromatic carbocycles. The Bertz CT molecular complexity index is 4050. The molecule has 7 heteroatoms. The third kappa shape index (κ3) is 8.22. The Morgan fingerprint density at radius 3 is 1.12 bits per heavy atom. The molecule has 0 aliphatic carbocycles. The zero-order valence-electron chi connectivity index (χ0n) is 35.9. The average molecular weight is 1130 g/mol. The minimum absolute atomic E-state index is 0. The van der Waals surface area contributed by atoms with Crippen LogP contribution in [0.2, 0.25) is 0 Å². The average Bonchev–Trinajstić information content (AvgIpc) is 4.10. The highest BCUT2D eigenvalue weighted by molar-refractivity contribution is 14.1. The summed E-state index contributed by atoms with van der Waals surface area (Å²) in [5.74, 6) is 0. The topological polar surface area (TPSA) is 30.6 Å². The number of aromatic nitrogens is 4. The van der Waals surface area contributed by atoms with Crippen molar-refractivity contribution in [3.8, 4) is 17.1 Å². The van der Waals surface area contributed by atoms with Gasteiger partial charge in [-0.1, -0.05) is 168 Å². The highest BCUT2D eigenvalue weighted by Crippen LogP contribution is 2.38. The predicted octanol–water partition coefficient (Wildman–Crippen LogP) is 19.4. The Morgan fingerprint density at radius 2 is 0.652 bits per heavy atom. The van der Waals surface area contributed by atoms with E-state index in [-0.39, 0.29) is 14.9 Å². The monoisotopic (exact) mass is 1130 g/mol. The normalized spacial score (nSPS) is 11.2. The fraction of sp³-hybridized carbons (Fsp3) is 0.0323. The van der Waals surface area contributed by atoms with Gasteiger partial charge in [-0.2, -0.15) is 0 Å². The van der Waals surface area contributed by atoms with E-state index in [0.29, 0.717) is 0 Å². The summed E-state index contributed by atoms with van der Waals surface area (Å²) in [6.45, 7) is 0. The number of para-hydroxylation sites is 6. The molecule has 0 fully saturated rings. The van der Waals surface area contributed by atoms with E-state index in [2.05, 4.69) is 292 Å². The second kappa shape index (κ2) is 19.2. The number of hydrogen-bond donors (Lipinski definition) is 1. The van der Waals surface area contributed by atoms with Crippen LogP contribution >= 0.6 is 54.5 Å². The van der Waals surface area contributed by atoms with E-state index in [1.165, 1.54) is 102 Å². The number of nitrogens with zero attached hydrogens (tertiary/aromatic N) is 3. The fourth-order valence-corrected chi connectivity index (χ4v) is 11.6. The molecule has 14 rings (SSSR count). The highest BCUT2D eigenvalue weighted by Gasteiger charge is 2.17. The van der Waals surface area contributed by atoms with Gasteiger partial charge in [-0.15, -0.1) is 0 Å². The van der Waals surface area contributed by atoms with E-state index >= 15 is 0 Å². The molecule has 0 bridgehead atoms. The summed E-state index contributed by atoms with van der Waals surface area (Å²) in [5, 5.41) is 10.2. The molecule has 0 saturated carbocycles. The molecule has 4 heterocycles. The van der Waals surface area contributed by atoms with Crippen LogP contribution in [0, 0.1) is 3.57 Å². The van der Waals surface area contributed by atoms with Crippen molar-refractivity contribution in [3.05, 3.63) is 243 Å². The van der Waals surface area contributed by atoms with E-state index in [1.54, 1.807) is 0 Å². The number of halogens is 3. The number of H-pyrrole nitrogens is 1. The molecule has 69 heavy (non-hydrogen) atoms. The van der Waals surface area contributed by atoms with Gasteiger partial charge in [-0.05, 0) is 132 Å². The fourth-order valence-electron chi connectivity index (χ4n) is 9.83. The highest BCUT2D eigenvalue weighted by atomic mass is 127. The van der Waals surface area contributed by atoms with Crippen molar-refractivity contribution in [2.75, 3.05) is 0 Å². The third-order valence-electron chi connectivity index (χ3n) is 12.7. The van der Waals surface area contributed by atoms with E-state index in [9.17, 15) is 0 Å². The molecule has 14 aromatic rings. The van der Waals surface area contributed by atoms with Gasteiger partial charge < -0.3 is 18.7 Å². The molecule has 0 aliphatic heterocycles. The van der Waals surface area contributed by atoms with Gasteiger partial charge in [0.2, 0.25) is 0 Å². The molecule has 0 atom stereocenters. The maximum Gasteiger partial charge on any atom is 0.0542 e. The van der Waals surface area contributed by atoms with E-state index in [4.69, 9.17) is 0 Å². The van der Waals surface area contributed by atoms with Crippen LogP contribution in [-0.2, 0) is 0 Å². The van der Waals surface area contributed by atoms with Crippen molar-refractivity contribution < 1.29 is 0 Å². The number of nitrogens with one attached hydrogen (secondary N) is 1. The predicted molar refractivity (Wildman–Crippen MR) is 313 cm³/mol. The Labute approximate surface area is 431 Å². The van der Waals surface area contributed by atoms with Crippen molar-refractivity contribution in [3.63, 3.8) is 0 Å². The molecule has 4 nitrogen and oxygen atoms in total. The number of fused-ring (bicyclic) bond motifs is 12. The SMILES string of the molecule is Brc1cccc(-n2c3ccccc3c3cc(-n4c5ccccc5c5ccccc54)ccc32)c1.Brc1cccc(I)c1.C.C.c1ccc2c(c1)[nH]c1ccc(-n3c4ccccc4c4ccccc43)cc12. The number of benzene rings is 10. The lowest BCUT2D eigenvalue weighted by Crippen LogP contribution is -1.95. The number of hydrogen-bond acceptors (Lipinski definition) is 0. The second-order valence-electron chi connectivity index (χ2n) is 16.6. The smallest absolute Gasteiger partial charge is 0.0542 e. The van der Waals surface area contributed by atoms with Gasteiger partial charge in [0.25, 0.3) is 0 Å². The quantitative estimate of drug-likeness (QED) is 0.171. The van der Waals surface area contributed by atoms with Crippen LogP contribution in [0.5, 0.6) is 0 Å². The summed E-state index contributed by atoms with van der Waals surface area (Å²) in [4.78, 5) is 3.52. The molecule has 0 unspecified atom stereocenters. The Kier molecular flexibility index (Phi) is 12.8. The zero-order valence-corrected chi connectivity index (χ0v) is 41.2. The van der Waals surface area contributed by atoms with Gasteiger partial charge in [0.1, 0.15) is 0 Å². The van der Waals surface area contributed by atoms with Crippen molar-refractivity contribution >= 4 is 142 Å². The summed E-state index contributed by atoms with van der Waals surface area (Å²) in [6.07, 6.45) is 0. The van der Waals surface area contributed by atoms with Crippen LogP contribution < -0.4 is 0 Å². The molecule has 1 N–H and O–H groups in total. The van der Waals surface area contributed by atoms with E-state index in [0.717, 1.165) is 14.6 Å². The van der Waals surface area contributed by atoms with Crippen LogP contribution in [0.15, 0.2) is 239 Å². The lowest BCUT2D eigenvalue weighted by atomic mass is 10.1. The third-order valence-corrected chi connectivity index (χ3v) is 14.3. The van der Waals surface area contributed by atoms with Gasteiger partial charge in [0.05, 0.1) is 33.1 Å². The summed E-state index contributed by atoms with van der Waals surface area (Å²) < 4.78 is 10.6. The first-order valence-corrected chi connectivity index (χ1v) is 24.8. The van der Waals surface area contributed by atoms with Gasteiger partial charge >= 0.3 is 0 Å². The molecular formula is C62H47Br2IN4. The minimum atomic E-state index is 0. The standard InChI is InChI=1S/C30H19BrN2.C24H16N2.C6H4BrI.2CH4/c31-20-8-7-9-21(18-20)32-29-15-6-3-12-25(29)26-19-22(16-17-30(26)32)33-27-13-4-1-10-23(27)24-11-2-5-14-28(24)33;1-4-10-21-17(7-1)20-15-16(13-14-22(20)25-21)26-23-11-5-2-8-18(23)19-9-3-6-12-24(19)26;7-5-2-1-3-6(8)4-5;;/h1-19H;1-15,25H;1-4H;2*1H4. The molecule has 0 aliphatic rings. The Hall–Kier alpha value is -6.91. The first-order chi connectivity index (χ1) is 33.0. The molecule has 0 amide bonds.